The molecular weight excluding hydrogens is 198 g/mol. The van der Waals surface area contributed by atoms with E-state index in [1.807, 2.05) is 6.92 Å². The van der Waals surface area contributed by atoms with Gasteiger partial charge in [-0.05, 0) is 6.42 Å². The maximum Gasteiger partial charge on any atom is 0.237 e. The minimum Gasteiger partial charge on any atom is -0.298 e. The summed E-state index contributed by atoms with van der Waals surface area (Å²) >= 11 is 2.07. The molecule has 2 bridgehead atoms. The first-order valence-corrected chi connectivity index (χ1v) is 6.11. The standard InChI is InChI=1S/C9H17N3OS/c1-6(9(13)11-10)3-12-4-8-2-7(12)5-14-8/h6-8H,2-5,10H2,1H3,(H,11,13). The lowest BCUT2D eigenvalue weighted by Gasteiger charge is -2.28. The Bertz CT molecular complexity index is 236. The quantitative estimate of drug-likeness (QED) is 0.389. The lowest BCUT2D eigenvalue weighted by Crippen LogP contribution is -2.43. The molecule has 14 heavy (non-hydrogen) atoms. The second-order valence-electron chi connectivity index (χ2n) is 4.21. The third-order valence-electron chi connectivity index (χ3n) is 3.11. The lowest BCUT2D eigenvalue weighted by atomic mass is 10.1. The molecule has 0 radical (unpaired) electrons. The fourth-order valence-corrected chi connectivity index (χ4v) is 3.78. The van der Waals surface area contributed by atoms with E-state index in [0.29, 0.717) is 6.04 Å². The summed E-state index contributed by atoms with van der Waals surface area (Å²) in [7, 11) is 0. The number of hydrogen-bond donors (Lipinski definition) is 2. The number of likely N-dealkylation sites (tertiary alicyclic amines) is 1. The van der Waals surface area contributed by atoms with E-state index in [-0.39, 0.29) is 11.8 Å². The molecule has 2 fully saturated rings. The highest BCUT2D eigenvalue weighted by Crippen LogP contribution is 2.37. The SMILES string of the molecule is CC(CN1CC2CC1CS2)C(=O)NN. The van der Waals surface area contributed by atoms with Crippen LogP contribution in [0.5, 0.6) is 0 Å². The van der Waals surface area contributed by atoms with Gasteiger partial charge in [-0.1, -0.05) is 6.92 Å². The topological polar surface area (TPSA) is 58.4 Å². The summed E-state index contributed by atoms with van der Waals surface area (Å²) < 4.78 is 0. The highest BCUT2D eigenvalue weighted by atomic mass is 32.2. The van der Waals surface area contributed by atoms with Crippen LogP contribution in [-0.4, -0.2) is 40.9 Å². The van der Waals surface area contributed by atoms with Crippen LogP contribution in [-0.2, 0) is 4.79 Å². The van der Waals surface area contributed by atoms with Gasteiger partial charge in [0.1, 0.15) is 0 Å². The summed E-state index contributed by atoms with van der Waals surface area (Å²) in [6.07, 6.45) is 1.31. The van der Waals surface area contributed by atoms with Gasteiger partial charge in [0.2, 0.25) is 5.91 Å². The molecule has 2 aliphatic heterocycles. The van der Waals surface area contributed by atoms with Gasteiger partial charge in [-0.15, -0.1) is 0 Å². The van der Waals surface area contributed by atoms with Crippen LogP contribution in [0.15, 0.2) is 0 Å². The Kier molecular flexibility index (Phi) is 2.99. The molecule has 3 atom stereocenters. The third kappa shape index (κ3) is 1.89. The molecule has 3 unspecified atom stereocenters. The highest BCUT2D eigenvalue weighted by molar-refractivity contribution is 8.00. The number of rotatable bonds is 3. The van der Waals surface area contributed by atoms with Crippen LogP contribution in [0.2, 0.25) is 0 Å². The summed E-state index contributed by atoms with van der Waals surface area (Å²) in [4.78, 5) is 13.7. The molecule has 0 spiro atoms. The van der Waals surface area contributed by atoms with E-state index in [4.69, 9.17) is 5.84 Å². The Morgan fingerprint density at radius 3 is 3.07 bits per heavy atom. The van der Waals surface area contributed by atoms with Crippen molar-refractivity contribution in [2.24, 2.45) is 11.8 Å². The molecule has 3 N–H and O–H groups in total. The largest absolute Gasteiger partial charge is 0.298 e. The predicted molar refractivity (Wildman–Crippen MR) is 57.7 cm³/mol. The summed E-state index contributed by atoms with van der Waals surface area (Å²) in [5.41, 5.74) is 2.21. The molecular formula is C9H17N3OS. The van der Waals surface area contributed by atoms with Crippen LogP contribution in [0.25, 0.3) is 0 Å². The van der Waals surface area contributed by atoms with Gasteiger partial charge in [0.05, 0.1) is 0 Å². The van der Waals surface area contributed by atoms with E-state index in [1.165, 1.54) is 12.2 Å². The summed E-state index contributed by atoms with van der Waals surface area (Å²) in [6.45, 7) is 3.93. The van der Waals surface area contributed by atoms with E-state index >= 15 is 0 Å². The first-order chi connectivity index (χ1) is 6.70. The number of carbonyl (C=O) groups is 1. The minimum atomic E-state index is -0.0552. The van der Waals surface area contributed by atoms with Crippen LogP contribution in [0.3, 0.4) is 0 Å². The number of thioether (sulfide) groups is 1. The van der Waals surface area contributed by atoms with Crippen LogP contribution in [0.4, 0.5) is 0 Å². The van der Waals surface area contributed by atoms with E-state index in [9.17, 15) is 4.79 Å². The molecule has 2 heterocycles. The smallest absolute Gasteiger partial charge is 0.237 e. The monoisotopic (exact) mass is 215 g/mol. The number of nitrogens with two attached hydrogens (primary N) is 1. The number of nitrogens with one attached hydrogen (secondary N) is 1. The lowest BCUT2D eigenvalue weighted by molar-refractivity contribution is -0.125. The average Bonchev–Trinajstić information content (AvgIpc) is 2.77. The van der Waals surface area contributed by atoms with Gasteiger partial charge in [-0.2, -0.15) is 11.8 Å². The van der Waals surface area contributed by atoms with Crippen molar-refractivity contribution >= 4 is 17.7 Å². The van der Waals surface area contributed by atoms with Gasteiger partial charge in [0.25, 0.3) is 0 Å². The molecule has 5 heteroatoms. The molecule has 0 aromatic rings. The second kappa shape index (κ2) is 4.08. The Hall–Kier alpha value is -0.260. The summed E-state index contributed by atoms with van der Waals surface area (Å²) in [5.74, 6) is 6.29. The van der Waals surface area contributed by atoms with Crippen molar-refractivity contribution in [1.29, 1.82) is 0 Å². The van der Waals surface area contributed by atoms with Crippen LogP contribution in [0.1, 0.15) is 13.3 Å². The Labute approximate surface area is 88.6 Å². The third-order valence-corrected chi connectivity index (χ3v) is 4.50. The van der Waals surface area contributed by atoms with Crippen molar-refractivity contribution in [2.75, 3.05) is 18.8 Å². The van der Waals surface area contributed by atoms with E-state index in [1.54, 1.807) is 0 Å². The number of carbonyl (C=O) groups excluding carboxylic acids is 1. The van der Waals surface area contributed by atoms with Crippen molar-refractivity contribution in [3.8, 4) is 0 Å². The van der Waals surface area contributed by atoms with Gasteiger partial charge in [-0.3, -0.25) is 15.1 Å². The zero-order valence-electron chi connectivity index (χ0n) is 8.40. The molecule has 4 nitrogen and oxygen atoms in total. The molecule has 2 aliphatic rings. The summed E-state index contributed by atoms with van der Waals surface area (Å²) in [5, 5.41) is 0.813. The first kappa shape index (κ1) is 10.3. The van der Waals surface area contributed by atoms with E-state index < -0.39 is 0 Å². The van der Waals surface area contributed by atoms with Crippen molar-refractivity contribution in [3.63, 3.8) is 0 Å². The Balaban J connectivity index is 1.83. The van der Waals surface area contributed by atoms with Crippen LogP contribution in [0, 0.1) is 5.92 Å². The molecule has 0 saturated carbocycles. The first-order valence-electron chi connectivity index (χ1n) is 5.07. The van der Waals surface area contributed by atoms with Crippen molar-refractivity contribution in [3.05, 3.63) is 0 Å². The van der Waals surface area contributed by atoms with Crippen molar-refractivity contribution < 1.29 is 4.79 Å². The van der Waals surface area contributed by atoms with Gasteiger partial charge >= 0.3 is 0 Å². The normalized spacial score (nSPS) is 33.3. The van der Waals surface area contributed by atoms with E-state index in [0.717, 1.165) is 18.3 Å². The fourth-order valence-electron chi connectivity index (χ4n) is 2.28. The van der Waals surface area contributed by atoms with Crippen molar-refractivity contribution in [2.45, 2.75) is 24.6 Å². The molecule has 2 saturated heterocycles. The molecule has 1 amide bonds. The zero-order valence-corrected chi connectivity index (χ0v) is 9.22. The number of hydrogen-bond acceptors (Lipinski definition) is 4. The van der Waals surface area contributed by atoms with Crippen LogP contribution < -0.4 is 11.3 Å². The van der Waals surface area contributed by atoms with Gasteiger partial charge in [-0.25, -0.2) is 5.84 Å². The zero-order chi connectivity index (χ0) is 10.1. The minimum absolute atomic E-state index is 0.00403. The highest BCUT2D eigenvalue weighted by Gasteiger charge is 2.39. The molecule has 0 aromatic heterocycles. The number of nitrogens with zero attached hydrogens (tertiary/aromatic N) is 1. The molecule has 80 valence electrons. The van der Waals surface area contributed by atoms with E-state index in [2.05, 4.69) is 22.1 Å². The second-order valence-corrected chi connectivity index (χ2v) is 5.54. The molecule has 0 aliphatic carbocycles. The molecule has 0 aromatic carbocycles. The fraction of sp³-hybridized carbons (Fsp3) is 0.889. The maximum absolute atomic E-state index is 11.2. The summed E-state index contributed by atoms with van der Waals surface area (Å²) in [6, 6.07) is 0.707. The predicted octanol–water partition coefficient (Wildman–Crippen LogP) is -0.198. The number of hydrazine groups is 1. The van der Waals surface area contributed by atoms with Gasteiger partial charge in [0.15, 0.2) is 0 Å². The van der Waals surface area contributed by atoms with Gasteiger partial charge < -0.3 is 0 Å². The van der Waals surface area contributed by atoms with Crippen molar-refractivity contribution in [1.82, 2.24) is 10.3 Å². The number of fused-ring (bicyclic) bond motifs is 2. The maximum atomic E-state index is 11.2. The average molecular weight is 215 g/mol. The molecule has 2 rings (SSSR count). The van der Waals surface area contributed by atoms with Crippen LogP contribution >= 0.6 is 11.8 Å². The Morgan fingerprint density at radius 2 is 2.57 bits per heavy atom. The van der Waals surface area contributed by atoms with Gasteiger partial charge in [0, 0.05) is 36.1 Å². The Morgan fingerprint density at radius 1 is 1.79 bits per heavy atom. The number of amides is 1.